The lowest BCUT2D eigenvalue weighted by molar-refractivity contribution is 0.848. The van der Waals surface area contributed by atoms with E-state index in [9.17, 15) is 0 Å². The standard InChI is InChI=1S/C11H10ClN5S/c1-7(6-13)18-11-16-15-10(17(11)14)8-4-2-3-5-9(8)12/h2-5,7H,14H2,1H3/t7-/m1/s1. The van der Waals surface area contributed by atoms with Gasteiger partial charge in [0.1, 0.15) is 0 Å². The van der Waals surface area contributed by atoms with E-state index in [1.807, 2.05) is 18.2 Å². The number of halogens is 1. The van der Waals surface area contributed by atoms with E-state index in [2.05, 4.69) is 16.3 Å². The van der Waals surface area contributed by atoms with Crippen LogP contribution in [0, 0.1) is 11.3 Å². The predicted octanol–water partition coefficient (Wildman–Crippen LogP) is 2.32. The van der Waals surface area contributed by atoms with Crippen molar-refractivity contribution in [3.63, 3.8) is 0 Å². The van der Waals surface area contributed by atoms with Gasteiger partial charge >= 0.3 is 0 Å². The van der Waals surface area contributed by atoms with Crippen molar-refractivity contribution >= 4 is 23.4 Å². The normalized spacial score (nSPS) is 12.1. The van der Waals surface area contributed by atoms with Crippen molar-refractivity contribution in [3.05, 3.63) is 29.3 Å². The van der Waals surface area contributed by atoms with Crippen LogP contribution in [0.1, 0.15) is 6.92 Å². The van der Waals surface area contributed by atoms with Gasteiger partial charge < -0.3 is 5.84 Å². The summed E-state index contributed by atoms with van der Waals surface area (Å²) in [5, 5.41) is 17.5. The molecular weight excluding hydrogens is 270 g/mol. The van der Waals surface area contributed by atoms with E-state index in [0.29, 0.717) is 21.6 Å². The summed E-state index contributed by atoms with van der Waals surface area (Å²) in [4.78, 5) is 0. The zero-order chi connectivity index (χ0) is 13.1. The summed E-state index contributed by atoms with van der Waals surface area (Å²) in [6.45, 7) is 1.77. The van der Waals surface area contributed by atoms with Crippen LogP contribution in [-0.4, -0.2) is 20.1 Å². The van der Waals surface area contributed by atoms with Gasteiger partial charge in [0.25, 0.3) is 0 Å². The summed E-state index contributed by atoms with van der Waals surface area (Å²) in [6, 6.07) is 9.36. The third-order valence-corrected chi connectivity index (χ3v) is 3.52. The molecule has 0 saturated carbocycles. The minimum Gasteiger partial charge on any atom is -0.335 e. The summed E-state index contributed by atoms with van der Waals surface area (Å²) in [5.41, 5.74) is 0.714. The molecule has 1 aromatic heterocycles. The van der Waals surface area contributed by atoms with E-state index in [4.69, 9.17) is 22.7 Å². The summed E-state index contributed by atoms with van der Waals surface area (Å²) in [6.07, 6.45) is 0. The Morgan fingerprint density at radius 2 is 2.17 bits per heavy atom. The Hall–Kier alpha value is -1.71. The molecule has 0 bridgehead atoms. The molecule has 2 aromatic rings. The maximum Gasteiger partial charge on any atom is 0.211 e. The number of nitrogen functional groups attached to an aromatic ring is 1. The molecule has 1 aromatic carbocycles. The highest BCUT2D eigenvalue weighted by Gasteiger charge is 2.16. The highest BCUT2D eigenvalue weighted by atomic mass is 35.5. The van der Waals surface area contributed by atoms with Gasteiger partial charge in [-0.3, -0.25) is 0 Å². The lowest BCUT2D eigenvalue weighted by Crippen LogP contribution is -2.12. The fourth-order valence-corrected chi connectivity index (χ4v) is 2.25. The van der Waals surface area contributed by atoms with Gasteiger partial charge in [-0.1, -0.05) is 35.5 Å². The molecule has 0 unspecified atom stereocenters. The van der Waals surface area contributed by atoms with Crippen LogP contribution in [0.4, 0.5) is 0 Å². The van der Waals surface area contributed by atoms with Crippen LogP contribution < -0.4 is 5.84 Å². The van der Waals surface area contributed by atoms with E-state index in [1.165, 1.54) is 16.4 Å². The molecule has 5 nitrogen and oxygen atoms in total. The summed E-state index contributed by atoms with van der Waals surface area (Å²) in [7, 11) is 0. The monoisotopic (exact) mass is 279 g/mol. The Kier molecular flexibility index (Phi) is 3.75. The predicted molar refractivity (Wildman–Crippen MR) is 71.6 cm³/mol. The number of nitrogens with zero attached hydrogens (tertiary/aromatic N) is 4. The third-order valence-electron chi connectivity index (χ3n) is 2.24. The first kappa shape index (κ1) is 12.7. The van der Waals surface area contributed by atoms with Crippen LogP contribution in [0.2, 0.25) is 5.02 Å². The average Bonchev–Trinajstić information content (AvgIpc) is 2.72. The minimum atomic E-state index is -0.240. The Morgan fingerprint density at radius 3 is 2.83 bits per heavy atom. The van der Waals surface area contributed by atoms with Crippen molar-refractivity contribution in [2.24, 2.45) is 0 Å². The molecule has 0 aliphatic rings. The van der Waals surface area contributed by atoms with Crippen LogP contribution in [0.15, 0.2) is 29.4 Å². The van der Waals surface area contributed by atoms with Crippen LogP contribution in [0.25, 0.3) is 11.4 Å². The first-order valence-electron chi connectivity index (χ1n) is 5.15. The minimum absolute atomic E-state index is 0.240. The smallest absolute Gasteiger partial charge is 0.211 e. The molecule has 0 spiro atoms. The first-order chi connectivity index (χ1) is 8.63. The van der Waals surface area contributed by atoms with E-state index >= 15 is 0 Å². The number of thioether (sulfide) groups is 1. The van der Waals surface area contributed by atoms with Crippen molar-refractivity contribution in [2.45, 2.75) is 17.3 Å². The zero-order valence-electron chi connectivity index (χ0n) is 9.54. The molecule has 2 N–H and O–H groups in total. The van der Waals surface area contributed by atoms with Gasteiger partial charge in [0.05, 0.1) is 16.3 Å². The Balaban J connectivity index is 2.38. The highest BCUT2D eigenvalue weighted by molar-refractivity contribution is 8.00. The molecule has 1 heterocycles. The van der Waals surface area contributed by atoms with Crippen LogP contribution in [0.5, 0.6) is 0 Å². The third kappa shape index (κ3) is 2.42. The van der Waals surface area contributed by atoms with Crippen molar-refractivity contribution < 1.29 is 0 Å². The highest BCUT2D eigenvalue weighted by Crippen LogP contribution is 2.28. The van der Waals surface area contributed by atoms with Gasteiger partial charge in [0.2, 0.25) is 5.16 Å². The largest absolute Gasteiger partial charge is 0.335 e. The molecule has 0 amide bonds. The number of nitriles is 1. The maximum atomic E-state index is 8.76. The van der Waals surface area contributed by atoms with Crippen molar-refractivity contribution in [3.8, 4) is 17.5 Å². The molecule has 0 saturated heterocycles. The van der Waals surface area contributed by atoms with Gasteiger partial charge in [0, 0.05) is 5.56 Å². The second-order valence-electron chi connectivity index (χ2n) is 3.55. The molecule has 0 aliphatic carbocycles. The van der Waals surface area contributed by atoms with E-state index in [-0.39, 0.29) is 5.25 Å². The van der Waals surface area contributed by atoms with Crippen molar-refractivity contribution in [1.29, 1.82) is 5.26 Å². The molecule has 92 valence electrons. The summed E-state index contributed by atoms with van der Waals surface area (Å²) < 4.78 is 1.35. The van der Waals surface area contributed by atoms with Crippen molar-refractivity contribution in [1.82, 2.24) is 14.9 Å². The maximum absolute atomic E-state index is 8.76. The fraction of sp³-hybridized carbons (Fsp3) is 0.182. The molecule has 0 aliphatic heterocycles. The van der Waals surface area contributed by atoms with Crippen LogP contribution in [0.3, 0.4) is 0 Å². The molecule has 7 heteroatoms. The Labute approximate surface area is 114 Å². The molecule has 2 rings (SSSR count). The van der Waals surface area contributed by atoms with Gasteiger partial charge in [0.15, 0.2) is 5.82 Å². The van der Waals surface area contributed by atoms with Crippen molar-refractivity contribution in [2.75, 3.05) is 5.84 Å². The average molecular weight is 280 g/mol. The Morgan fingerprint density at radius 1 is 1.44 bits per heavy atom. The lowest BCUT2D eigenvalue weighted by Gasteiger charge is -2.05. The molecule has 0 fully saturated rings. The second-order valence-corrected chi connectivity index (χ2v) is 5.26. The number of benzene rings is 1. The number of hydrogen-bond acceptors (Lipinski definition) is 5. The van der Waals surface area contributed by atoms with Crippen LogP contribution >= 0.6 is 23.4 Å². The van der Waals surface area contributed by atoms with Crippen LogP contribution in [-0.2, 0) is 0 Å². The van der Waals surface area contributed by atoms with E-state index in [0.717, 1.165) is 0 Å². The lowest BCUT2D eigenvalue weighted by atomic mass is 10.2. The molecule has 1 atom stereocenters. The number of aromatic nitrogens is 3. The fourth-order valence-electron chi connectivity index (χ4n) is 1.37. The zero-order valence-corrected chi connectivity index (χ0v) is 11.1. The number of nitrogens with two attached hydrogens (primary N) is 1. The quantitative estimate of drug-likeness (QED) is 0.689. The second kappa shape index (κ2) is 5.29. The van der Waals surface area contributed by atoms with Gasteiger partial charge in [-0.2, -0.15) is 5.26 Å². The number of hydrogen-bond donors (Lipinski definition) is 1. The summed E-state index contributed by atoms with van der Waals surface area (Å²) in [5.74, 6) is 6.39. The van der Waals surface area contributed by atoms with E-state index in [1.54, 1.807) is 13.0 Å². The Bertz CT molecular complexity index is 604. The molecule has 18 heavy (non-hydrogen) atoms. The van der Waals surface area contributed by atoms with Gasteiger partial charge in [-0.25, -0.2) is 4.68 Å². The summed E-state index contributed by atoms with van der Waals surface area (Å²) >= 11 is 7.33. The van der Waals surface area contributed by atoms with E-state index < -0.39 is 0 Å². The first-order valence-corrected chi connectivity index (χ1v) is 6.41. The van der Waals surface area contributed by atoms with Gasteiger partial charge in [-0.15, -0.1) is 10.2 Å². The molecule has 0 radical (unpaired) electrons. The SMILES string of the molecule is C[C@H](C#N)Sc1nnc(-c2ccccc2Cl)n1N. The topological polar surface area (TPSA) is 80.5 Å². The van der Waals surface area contributed by atoms with Gasteiger partial charge in [-0.05, 0) is 19.1 Å². The number of rotatable bonds is 3. The molecular formula is C11H10ClN5S.